The molecule has 2 saturated heterocycles. The quantitative estimate of drug-likeness (QED) is 0.557. The lowest BCUT2D eigenvalue weighted by Crippen LogP contribution is -2.44. The SMILES string of the molecule is CCOc1ccc(C2C=C(C(=O)NCCCN3CCC4(CCCO4)CC3)c3cnccc3N2)cc1. The molecule has 0 bridgehead atoms. The van der Waals surface area contributed by atoms with E-state index in [9.17, 15) is 4.79 Å². The highest BCUT2D eigenvalue weighted by molar-refractivity contribution is 6.21. The predicted molar refractivity (Wildman–Crippen MR) is 137 cm³/mol. The topological polar surface area (TPSA) is 75.7 Å². The summed E-state index contributed by atoms with van der Waals surface area (Å²) in [6, 6.07) is 9.85. The smallest absolute Gasteiger partial charge is 0.251 e. The van der Waals surface area contributed by atoms with Gasteiger partial charge in [0.2, 0.25) is 0 Å². The van der Waals surface area contributed by atoms with Crippen LogP contribution in [0, 0.1) is 0 Å². The van der Waals surface area contributed by atoms with Gasteiger partial charge in [-0.25, -0.2) is 0 Å². The number of piperidine rings is 1. The molecular weight excluding hydrogens is 440 g/mol. The van der Waals surface area contributed by atoms with Gasteiger partial charge in [0.05, 0.1) is 18.2 Å². The highest BCUT2D eigenvalue weighted by Crippen LogP contribution is 2.36. The Bertz CT molecular complexity index is 1040. The summed E-state index contributed by atoms with van der Waals surface area (Å²) < 4.78 is 11.6. The van der Waals surface area contributed by atoms with Crippen molar-refractivity contribution in [3.8, 4) is 5.75 Å². The van der Waals surface area contributed by atoms with E-state index in [1.807, 2.05) is 43.3 Å². The zero-order valence-electron chi connectivity index (χ0n) is 20.6. The Balaban J connectivity index is 1.18. The maximum atomic E-state index is 13.2. The van der Waals surface area contributed by atoms with Gasteiger partial charge in [0.1, 0.15) is 5.75 Å². The lowest BCUT2D eigenvalue weighted by Gasteiger charge is -2.38. The van der Waals surface area contributed by atoms with Crippen LogP contribution in [0.1, 0.15) is 56.2 Å². The van der Waals surface area contributed by atoms with E-state index in [2.05, 4.69) is 20.5 Å². The van der Waals surface area contributed by atoms with Crippen molar-refractivity contribution in [2.45, 2.75) is 50.7 Å². The second-order valence-corrected chi connectivity index (χ2v) is 9.71. The summed E-state index contributed by atoms with van der Waals surface area (Å²) in [7, 11) is 0. The van der Waals surface area contributed by atoms with Crippen LogP contribution in [-0.4, -0.2) is 60.8 Å². The van der Waals surface area contributed by atoms with Crippen molar-refractivity contribution in [3.05, 3.63) is 59.9 Å². The minimum atomic E-state index is -0.0974. The number of ether oxygens (including phenoxy) is 2. The number of pyridine rings is 1. The van der Waals surface area contributed by atoms with Crippen LogP contribution in [0.2, 0.25) is 0 Å². The highest BCUT2D eigenvalue weighted by atomic mass is 16.5. The van der Waals surface area contributed by atoms with E-state index in [4.69, 9.17) is 9.47 Å². The van der Waals surface area contributed by atoms with Crippen LogP contribution in [0.15, 0.2) is 48.8 Å². The van der Waals surface area contributed by atoms with E-state index in [1.54, 1.807) is 12.4 Å². The Hall–Kier alpha value is -2.90. The predicted octanol–water partition coefficient (Wildman–Crippen LogP) is 4.18. The van der Waals surface area contributed by atoms with E-state index < -0.39 is 0 Å². The Labute approximate surface area is 207 Å². The van der Waals surface area contributed by atoms with Crippen LogP contribution in [0.25, 0.3) is 5.57 Å². The van der Waals surface area contributed by atoms with Crippen LogP contribution < -0.4 is 15.4 Å². The molecule has 4 heterocycles. The van der Waals surface area contributed by atoms with E-state index in [0.29, 0.717) is 18.7 Å². The lowest BCUT2D eigenvalue weighted by atomic mass is 9.88. The fourth-order valence-electron chi connectivity index (χ4n) is 5.45. The Morgan fingerprint density at radius 3 is 2.80 bits per heavy atom. The van der Waals surface area contributed by atoms with Gasteiger partial charge in [0, 0.05) is 55.5 Å². The summed E-state index contributed by atoms with van der Waals surface area (Å²) in [5, 5.41) is 6.67. The van der Waals surface area contributed by atoms with Gasteiger partial charge in [0.25, 0.3) is 5.91 Å². The molecular formula is C28H36N4O3. The van der Waals surface area contributed by atoms with Gasteiger partial charge in [-0.2, -0.15) is 0 Å². The van der Waals surface area contributed by atoms with E-state index in [-0.39, 0.29) is 17.6 Å². The monoisotopic (exact) mass is 476 g/mol. The molecule has 5 rings (SSSR count). The minimum Gasteiger partial charge on any atom is -0.494 e. The Morgan fingerprint density at radius 1 is 1.23 bits per heavy atom. The number of likely N-dealkylation sites (tertiary alicyclic amines) is 1. The number of benzene rings is 1. The van der Waals surface area contributed by atoms with Gasteiger partial charge < -0.3 is 25.0 Å². The molecule has 0 radical (unpaired) electrons. The van der Waals surface area contributed by atoms with Crippen molar-refractivity contribution < 1.29 is 14.3 Å². The van der Waals surface area contributed by atoms with E-state index >= 15 is 0 Å². The molecule has 0 saturated carbocycles. The number of carbonyl (C=O) groups is 1. The van der Waals surface area contributed by atoms with Gasteiger partial charge >= 0.3 is 0 Å². The molecule has 1 aromatic heterocycles. The first-order chi connectivity index (χ1) is 17.2. The molecule has 2 fully saturated rings. The van der Waals surface area contributed by atoms with Crippen molar-refractivity contribution in [3.63, 3.8) is 0 Å². The third-order valence-corrected chi connectivity index (χ3v) is 7.44. The second-order valence-electron chi connectivity index (χ2n) is 9.71. The number of anilines is 1. The molecule has 7 nitrogen and oxygen atoms in total. The second kappa shape index (κ2) is 10.8. The van der Waals surface area contributed by atoms with Gasteiger partial charge in [-0.15, -0.1) is 0 Å². The van der Waals surface area contributed by atoms with Crippen molar-refractivity contribution in [1.29, 1.82) is 0 Å². The number of nitrogens with zero attached hydrogens (tertiary/aromatic N) is 2. The number of fused-ring (bicyclic) bond motifs is 1. The van der Waals surface area contributed by atoms with E-state index in [1.165, 1.54) is 12.8 Å². The highest BCUT2D eigenvalue weighted by Gasteiger charge is 2.38. The normalized spacial score (nSPS) is 21.2. The largest absolute Gasteiger partial charge is 0.494 e. The lowest BCUT2D eigenvalue weighted by molar-refractivity contribution is -0.115. The third kappa shape index (κ3) is 5.52. The molecule has 0 aliphatic carbocycles. The number of carbonyl (C=O) groups excluding carboxylic acids is 1. The summed E-state index contributed by atoms with van der Waals surface area (Å²) in [4.78, 5) is 20.0. The summed E-state index contributed by atoms with van der Waals surface area (Å²) in [6.07, 6.45) is 11.1. The van der Waals surface area contributed by atoms with Gasteiger partial charge in [-0.05, 0) is 75.4 Å². The third-order valence-electron chi connectivity index (χ3n) is 7.44. The summed E-state index contributed by atoms with van der Waals surface area (Å²) in [5.74, 6) is 0.798. The molecule has 186 valence electrons. The van der Waals surface area contributed by atoms with Crippen molar-refractivity contribution in [1.82, 2.24) is 15.2 Å². The first-order valence-corrected chi connectivity index (χ1v) is 13.0. The number of amides is 1. The van der Waals surface area contributed by atoms with Crippen molar-refractivity contribution in [2.75, 3.05) is 44.7 Å². The number of rotatable bonds is 8. The number of hydrogen-bond donors (Lipinski definition) is 2. The number of aromatic nitrogens is 1. The number of hydrogen-bond acceptors (Lipinski definition) is 6. The first-order valence-electron chi connectivity index (χ1n) is 13.0. The molecule has 3 aliphatic heterocycles. The standard InChI is InChI=1S/C28H36N4O3/c1-2-34-22-7-5-21(6-8-22)26-19-23(24-20-29-14-9-25(24)31-26)27(33)30-13-4-15-32-16-11-28(12-17-32)10-3-18-35-28/h5-9,14,19-20,26,31H,2-4,10-13,15-18H2,1H3,(H,30,33). The van der Waals surface area contributed by atoms with Gasteiger partial charge in [0.15, 0.2) is 0 Å². The molecule has 1 unspecified atom stereocenters. The van der Waals surface area contributed by atoms with Crippen LogP contribution in [0.5, 0.6) is 5.75 Å². The maximum Gasteiger partial charge on any atom is 0.251 e. The van der Waals surface area contributed by atoms with Crippen LogP contribution in [0.3, 0.4) is 0 Å². The minimum absolute atomic E-state index is 0.0476. The fourth-order valence-corrected chi connectivity index (χ4v) is 5.45. The zero-order valence-corrected chi connectivity index (χ0v) is 20.6. The Kier molecular flexibility index (Phi) is 7.35. The molecule has 35 heavy (non-hydrogen) atoms. The molecule has 1 atom stereocenters. The molecule has 3 aliphatic rings. The molecule has 1 amide bonds. The summed E-state index contributed by atoms with van der Waals surface area (Å²) in [5.41, 5.74) is 3.67. The molecule has 7 heteroatoms. The molecule has 1 spiro atoms. The molecule has 1 aromatic carbocycles. The van der Waals surface area contributed by atoms with E-state index in [0.717, 1.165) is 68.1 Å². The fraction of sp³-hybridized carbons (Fsp3) is 0.500. The van der Waals surface area contributed by atoms with Crippen molar-refractivity contribution >= 4 is 17.2 Å². The Morgan fingerprint density at radius 2 is 2.06 bits per heavy atom. The molecule has 2 N–H and O–H groups in total. The summed E-state index contributed by atoms with van der Waals surface area (Å²) >= 11 is 0. The van der Waals surface area contributed by atoms with Gasteiger partial charge in [-0.1, -0.05) is 12.1 Å². The average Bonchev–Trinajstić information content (AvgIpc) is 3.35. The van der Waals surface area contributed by atoms with Gasteiger partial charge in [-0.3, -0.25) is 9.78 Å². The first kappa shape index (κ1) is 23.8. The van der Waals surface area contributed by atoms with Crippen LogP contribution >= 0.6 is 0 Å². The summed E-state index contributed by atoms with van der Waals surface area (Å²) in [6.45, 7) is 7.38. The van der Waals surface area contributed by atoms with Crippen molar-refractivity contribution in [2.24, 2.45) is 0 Å². The average molecular weight is 477 g/mol. The van der Waals surface area contributed by atoms with Crippen LogP contribution in [-0.2, 0) is 9.53 Å². The molecule has 2 aromatic rings. The maximum absolute atomic E-state index is 13.2. The number of nitrogens with one attached hydrogen (secondary N) is 2. The zero-order chi connectivity index (χ0) is 24.1. The van der Waals surface area contributed by atoms with Crippen LogP contribution in [0.4, 0.5) is 5.69 Å².